The predicted molar refractivity (Wildman–Crippen MR) is 94.3 cm³/mol. The monoisotopic (exact) mass is 310 g/mol. The summed E-state index contributed by atoms with van der Waals surface area (Å²) in [5, 5.41) is 20.9. The zero-order valence-corrected chi connectivity index (χ0v) is 14.3. The largest absolute Gasteiger partial charge is 0.507 e. The van der Waals surface area contributed by atoms with Gasteiger partial charge in [-0.1, -0.05) is 49.6 Å². The zero-order chi connectivity index (χ0) is 16.6. The normalized spacial score (nSPS) is 17.2. The van der Waals surface area contributed by atoms with Gasteiger partial charge in [0, 0.05) is 11.0 Å². The Morgan fingerprint density at radius 2 is 1.39 bits per heavy atom. The van der Waals surface area contributed by atoms with Crippen LogP contribution in [-0.4, -0.2) is 10.2 Å². The van der Waals surface area contributed by atoms with Gasteiger partial charge >= 0.3 is 0 Å². The number of phenols is 2. The molecule has 0 bridgehead atoms. The van der Waals surface area contributed by atoms with Crippen LogP contribution in [0.1, 0.15) is 59.9 Å². The molecule has 1 aliphatic carbocycles. The lowest BCUT2D eigenvalue weighted by molar-refractivity contribution is 0.331. The van der Waals surface area contributed by atoms with Gasteiger partial charge < -0.3 is 10.2 Å². The van der Waals surface area contributed by atoms with Gasteiger partial charge in [-0.15, -0.1) is 0 Å². The minimum atomic E-state index is -0.141. The molecule has 0 atom stereocenters. The highest BCUT2D eigenvalue weighted by atomic mass is 16.3. The van der Waals surface area contributed by atoms with Gasteiger partial charge in [-0.2, -0.15) is 0 Å². The van der Waals surface area contributed by atoms with Crippen LogP contribution < -0.4 is 0 Å². The van der Waals surface area contributed by atoms with E-state index in [0.717, 1.165) is 35.1 Å². The van der Waals surface area contributed by atoms with Gasteiger partial charge in [0.15, 0.2) is 0 Å². The van der Waals surface area contributed by atoms with Crippen molar-refractivity contribution >= 4 is 0 Å². The number of hydrogen-bond donors (Lipinski definition) is 2. The van der Waals surface area contributed by atoms with Crippen molar-refractivity contribution in [2.75, 3.05) is 0 Å². The van der Waals surface area contributed by atoms with E-state index in [9.17, 15) is 10.2 Å². The van der Waals surface area contributed by atoms with Gasteiger partial charge in [-0.05, 0) is 55.9 Å². The first-order valence-corrected chi connectivity index (χ1v) is 8.55. The van der Waals surface area contributed by atoms with Crippen LogP contribution in [0.5, 0.6) is 11.5 Å². The van der Waals surface area contributed by atoms with E-state index in [4.69, 9.17) is 0 Å². The van der Waals surface area contributed by atoms with Crippen LogP contribution >= 0.6 is 0 Å². The second kappa shape index (κ2) is 5.92. The third kappa shape index (κ3) is 2.60. The smallest absolute Gasteiger partial charge is 0.122 e. The molecule has 1 fully saturated rings. The Balaban J connectivity index is 2.24. The average Bonchev–Trinajstić information content (AvgIpc) is 2.55. The van der Waals surface area contributed by atoms with E-state index in [1.54, 1.807) is 0 Å². The van der Waals surface area contributed by atoms with E-state index in [1.165, 1.54) is 24.8 Å². The predicted octanol–water partition coefficient (Wildman–Crippen LogP) is 5.27. The van der Waals surface area contributed by atoms with Gasteiger partial charge in [0.1, 0.15) is 11.5 Å². The summed E-state index contributed by atoms with van der Waals surface area (Å²) >= 11 is 0. The van der Waals surface area contributed by atoms with Gasteiger partial charge in [0.25, 0.3) is 0 Å². The third-order valence-electron chi connectivity index (χ3n) is 5.50. The Morgan fingerprint density at radius 1 is 0.783 bits per heavy atom. The number of phenolic OH excluding ortho intramolecular Hbond substituents is 2. The lowest BCUT2D eigenvalue weighted by Gasteiger charge is -2.39. The maximum Gasteiger partial charge on any atom is 0.122 e. The van der Waals surface area contributed by atoms with Gasteiger partial charge in [0.05, 0.1) is 0 Å². The fourth-order valence-electron chi connectivity index (χ4n) is 4.15. The van der Waals surface area contributed by atoms with Crippen molar-refractivity contribution in [3.05, 3.63) is 58.1 Å². The highest BCUT2D eigenvalue weighted by molar-refractivity contribution is 5.53. The first-order chi connectivity index (χ1) is 11.0. The maximum absolute atomic E-state index is 10.7. The van der Waals surface area contributed by atoms with E-state index in [-0.39, 0.29) is 5.41 Å². The maximum atomic E-state index is 10.7. The molecule has 0 amide bonds. The van der Waals surface area contributed by atoms with Crippen molar-refractivity contribution in [2.45, 2.75) is 58.3 Å². The SMILES string of the molecule is Cc1cc(C2(c3cccc(C)c3O)CCCCC2)cc(C)c1O. The summed E-state index contributed by atoms with van der Waals surface area (Å²) in [7, 11) is 0. The molecule has 0 spiro atoms. The first-order valence-electron chi connectivity index (χ1n) is 8.55. The van der Waals surface area contributed by atoms with Gasteiger partial charge in [-0.3, -0.25) is 0 Å². The lowest BCUT2D eigenvalue weighted by Crippen LogP contribution is -2.31. The van der Waals surface area contributed by atoms with E-state index in [2.05, 4.69) is 18.2 Å². The molecule has 0 aliphatic heterocycles. The highest BCUT2D eigenvalue weighted by Gasteiger charge is 2.38. The minimum absolute atomic E-state index is 0.141. The molecule has 2 nitrogen and oxygen atoms in total. The fraction of sp³-hybridized carbons (Fsp3) is 0.429. The number of aromatic hydroxyl groups is 2. The molecular formula is C21H26O2. The molecular weight excluding hydrogens is 284 g/mol. The summed E-state index contributed by atoms with van der Waals surface area (Å²) in [6, 6.07) is 10.3. The summed E-state index contributed by atoms with van der Waals surface area (Å²) < 4.78 is 0. The molecule has 1 saturated carbocycles. The number of aryl methyl sites for hydroxylation is 3. The van der Waals surface area contributed by atoms with Gasteiger partial charge in [-0.25, -0.2) is 0 Å². The molecule has 0 heterocycles. The summed E-state index contributed by atoms with van der Waals surface area (Å²) in [5.41, 5.74) is 4.89. The molecule has 2 aromatic carbocycles. The molecule has 0 aromatic heterocycles. The topological polar surface area (TPSA) is 40.5 Å². The van der Waals surface area contributed by atoms with Gasteiger partial charge in [0.2, 0.25) is 0 Å². The summed E-state index contributed by atoms with van der Waals surface area (Å²) in [6.45, 7) is 5.87. The van der Waals surface area contributed by atoms with Crippen molar-refractivity contribution in [1.82, 2.24) is 0 Å². The highest BCUT2D eigenvalue weighted by Crippen LogP contribution is 2.49. The number of hydrogen-bond acceptors (Lipinski definition) is 2. The molecule has 122 valence electrons. The molecule has 2 N–H and O–H groups in total. The minimum Gasteiger partial charge on any atom is -0.507 e. The second-order valence-corrected chi connectivity index (χ2v) is 7.07. The van der Waals surface area contributed by atoms with Crippen LogP contribution in [0.4, 0.5) is 0 Å². The van der Waals surface area contributed by atoms with Crippen molar-refractivity contribution in [3.63, 3.8) is 0 Å². The Morgan fingerprint density at radius 3 is 2.00 bits per heavy atom. The standard InChI is InChI=1S/C21H26O2/c1-14-8-7-9-18(20(14)23)21(10-5-4-6-11-21)17-12-15(2)19(22)16(3)13-17/h7-9,12-13,22-23H,4-6,10-11H2,1-3H3. The van der Waals surface area contributed by atoms with E-state index in [0.29, 0.717) is 11.5 Å². The average molecular weight is 310 g/mol. The molecule has 0 saturated heterocycles. The Hall–Kier alpha value is -1.96. The molecule has 23 heavy (non-hydrogen) atoms. The lowest BCUT2D eigenvalue weighted by atomic mass is 9.64. The second-order valence-electron chi connectivity index (χ2n) is 7.07. The zero-order valence-electron chi connectivity index (χ0n) is 14.3. The van der Waals surface area contributed by atoms with Crippen LogP contribution in [0.15, 0.2) is 30.3 Å². The van der Waals surface area contributed by atoms with Crippen LogP contribution in [-0.2, 0) is 5.41 Å². The van der Waals surface area contributed by atoms with Crippen molar-refractivity contribution in [2.24, 2.45) is 0 Å². The number of rotatable bonds is 2. The molecule has 2 aromatic rings. The molecule has 0 radical (unpaired) electrons. The van der Waals surface area contributed by atoms with E-state index >= 15 is 0 Å². The van der Waals surface area contributed by atoms with Crippen LogP contribution in [0.3, 0.4) is 0 Å². The quantitative estimate of drug-likeness (QED) is 0.793. The molecule has 2 heteroatoms. The molecule has 0 unspecified atom stereocenters. The number of para-hydroxylation sites is 1. The molecule has 3 rings (SSSR count). The van der Waals surface area contributed by atoms with E-state index < -0.39 is 0 Å². The Labute approximate surface area is 138 Å². The Bertz CT molecular complexity index is 702. The third-order valence-corrected chi connectivity index (χ3v) is 5.50. The summed E-state index contributed by atoms with van der Waals surface area (Å²) in [4.78, 5) is 0. The van der Waals surface area contributed by atoms with Crippen LogP contribution in [0.2, 0.25) is 0 Å². The Kier molecular flexibility index (Phi) is 4.09. The summed E-state index contributed by atoms with van der Waals surface area (Å²) in [5.74, 6) is 0.811. The van der Waals surface area contributed by atoms with Crippen LogP contribution in [0, 0.1) is 20.8 Å². The van der Waals surface area contributed by atoms with Crippen molar-refractivity contribution < 1.29 is 10.2 Å². The molecule has 1 aliphatic rings. The fourth-order valence-corrected chi connectivity index (χ4v) is 4.15. The summed E-state index contributed by atoms with van der Waals surface area (Å²) in [6.07, 6.45) is 5.70. The van der Waals surface area contributed by atoms with Crippen molar-refractivity contribution in [1.29, 1.82) is 0 Å². The first kappa shape index (κ1) is 15.9. The number of benzene rings is 2. The van der Waals surface area contributed by atoms with E-state index in [1.807, 2.05) is 32.9 Å². The van der Waals surface area contributed by atoms with Crippen LogP contribution in [0.25, 0.3) is 0 Å². The van der Waals surface area contributed by atoms with Crippen molar-refractivity contribution in [3.8, 4) is 11.5 Å².